The standard InChI is InChI=1S/C22H24ClN7O5S/c1-12-6-9-17(35-12)19-27-28-22(30(19)18-20(33-4)25-11-26-21(18)34-5)29-36(31,32)14(3)13(2)16-8-7-15(23)10-24-16/h6-11,13-14H,1-5H3,(H,28,29). The Morgan fingerprint density at radius 1 is 1.03 bits per heavy atom. The highest BCUT2D eigenvalue weighted by atomic mass is 35.5. The van der Waals surface area contributed by atoms with Gasteiger partial charge in [-0.15, -0.1) is 10.2 Å². The highest BCUT2D eigenvalue weighted by Crippen LogP contribution is 2.36. The number of furan rings is 1. The Labute approximate surface area is 212 Å². The molecule has 0 aliphatic carbocycles. The maximum Gasteiger partial charge on any atom is 0.245 e. The van der Waals surface area contributed by atoms with Gasteiger partial charge in [-0.1, -0.05) is 18.5 Å². The second-order valence-corrected chi connectivity index (χ2v) is 10.4. The molecule has 4 rings (SSSR count). The number of ether oxygens (including phenoxy) is 2. The number of nitrogens with one attached hydrogen (secondary N) is 1. The summed E-state index contributed by atoms with van der Waals surface area (Å²) in [5.41, 5.74) is 0.764. The lowest BCUT2D eigenvalue weighted by Crippen LogP contribution is -2.31. The van der Waals surface area contributed by atoms with E-state index in [9.17, 15) is 8.42 Å². The highest BCUT2D eigenvalue weighted by Gasteiger charge is 2.32. The maximum atomic E-state index is 13.5. The maximum absolute atomic E-state index is 13.5. The minimum Gasteiger partial charge on any atom is -0.479 e. The van der Waals surface area contributed by atoms with Crippen LogP contribution in [0, 0.1) is 6.92 Å². The zero-order valence-corrected chi connectivity index (χ0v) is 21.7. The third-order valence-electron chi connectivity index (χ3n) is 5.63. The van der Waals surface area contributed by atoms with Crippen molar-refractivity contribution >= 4 is 27.6 Å². The fraction of sp³-hybridized carbons (Fsp3) is 0.318. The van der Waals surface area contributed by atoms with E-state index in [1.165, 1.54) is 31.3 Å². The molecule has 0 aromatic carbocycles. The summed E-state index contributed by atoms with van der Waals surface area (Å²) in [5, 5.41) is 7.84. The van der Waals surface area contributed by atoms with E-state index in [0.29, 0.717) is 22.2 Å². The molecule has 2 unspecified atom stereocenters. The van der Waals surface area contributed by atoms with E-state index in [2.05, 4.69) is 29.9 Å². The third kappa shape index (κ3) is 4.84. The smallest absolute Gasteiger partial charge is 0.245 e. The van der Waals surface area contributed by atoms with Gasteiger partial charge >= 0.3 is 0 Å². The van der Waals surface area contributed by atoms with Crippen LogP contribution >= 0.6 is 11.6 Å². The predicted molar refractivity (Wildman–Crippen MR) is 132 cm³/mol. The highest BCUT2D eigenvalue weighted by molar-refractivity contribution is 7.93. The number of hydrogen-bond acceptors (Lipinski definition) is 10. The quantitative estimate of drug-likeness (QED) is 0.338. The molecule has 0 saturated heterocycles. The number of aryl methyl sites for hydroxylation is 1. The monoisotopic (exact) mass is 533 g/mol. The molecule has 36 heavy (non-hydrogen) atoms. The molecule has 2 atom stereocenters. The predicted octanol–water partition coefficient (Wildman–Crippen LogP) is 3.63. The van der Waals surface area contributed by atoms with Gasteiger partial charge in [0.15, 0.2) is 11.4 Å². The van der Waals surface area contributed by atoms with Crippen LogP contribution in [0.5, 0.6) is 11.8 Å². The average molecular weight is 534 g/mol. The summed E-state index contributed by atoms with van der Waals surface area (Å²) < 4.78 is 47.4. The molecule has 14 heteroatoms. The van der Waals surface area contributed by atoms with Crippen LogP contribution in [-0.2, 0) is 10.0 Å². The van der Waals surface area contributed by atoms with Crippen LogP contribution in [0.1, 0.15) is 31.2 Å². The van der Waals surface area contributed by atoms with Crippen molar-refractivity contribution in [1.29, 1.82) is 0 Å². The summed E-state index contributed by atoms with van der Waals surface area (Å²) in [6.45, 7) is 5.11. The number of nitrogens with zero attached hydrogens (tertiary/aromatic N) is 6. The first-order chi connectivity index (χ1) is 17.2. The molecule has 0 aliphatic rings. The fourth-order valence-electron chi connectivity index (χ4n) is 3.50. The first-order valence-electron chi connectivity index (χ1n) is 10.7. The second-order valence-electron chi connectivity index (χ2n) is 7.88. The lowest BCUT2D eigenvalue weighted by atomic mass is 10.0. The van der Waals surface area contributed by atoms with Gasteiger partial charge in [-0.05, 0) is 38.1 Å². The number of anilines is 1. The zero-order valence-electron chi connectivity index (χ0n) is 20.1. The Balaban J connectivity index is 1.81. The van der Waals surface area contributed by atoms with Gasteiger partial charge in [0.25, 0.3) is 0 Å². The number of aromatic nitrogens is 6. The number of halogens is 1. The number of pyridine rings is 1. The molecule has 4 heterocycles. The van der Waals surface area contributed by atoms with Crippen molar-refractivity contribution in [3.05, 3.63) is 53.3 Å². The van der Waals surface area contributed by atoms with Crippen LogP contribution in [0.3, 0.4) is 0 Å². The Hall–Kier alpha value is -3.71. The molecule has 0 spiro atoms. The van der Waals surface area contributed by atoms with Crippen LogP contribution in [0.4, 0.5) is 5.95 Å². The van der Waals surface area contributed by atoms with E-state index in [-0.39, 0.29) is 29.2 Å². The Bertz CT molecular complexity index is 1450. The molecule has 0 bridgehead atoms. The first-order valence-corrected chi connectivity index (χ1v) is 12.7. The van der Waals surface area contributed by atoms with Crippen LogP contribution in [-0.4, -0.2) is 57.6 Å². The van der Waals surface area contributed by atoms with E-state index >= 15 is 0 Å². The summed E-state index contributed by atoms with van der Waals surface area (Å²) in [6, 6.07) is 6.79. The van der Waals surface area contributed by atoms with Crippen molar-refractivity contribution in [2.24, 2.45) is 0 Å². The van der Waals surface area contributed by atoms with E-state index < -0.39 is 21.2 Å². The van der Waals surface area contributed by atoms with Crippen molar-refractivity contribution in [2.75, 3.05) is 18.9 Å². The number of rotatable bonds is 9. The zero-order chi connectivity index (χ0) is 26.0. The molecule has 4 aromatic rings. The molecule has 12 nitrogen and oxygen atoms in total. The van der Waals surface area contributed by atoms with Crippen molar-refractivity contribution < 1.29 is 22.3 Å². The van der Waals surface area contributed by atoms with Crippen molar-refractivity contribution in [3.8, 4) is 29.0 Å². The summed E-state index contributed by atoms with van der Waals surface area (Å²) >= 11 is 5.92. The van der Waals surface area contributed by atoms with Gasteiger partial charge in [0.05, 0.1) is 24.5 Å². The number of hydrogen-bond donors (Lipinski definition) is 1. The summed E-state index contributed by atoms with van der Waals surface area (Å²) in [6.07, 6.45) is 2.73. The van der Waals surface area contributed by atoms with Crippen LogP contribution in [0.15, 0.2) is 41.2 Å². The van der Waals surface area contributed by atoms with Gasteiger partial charge in [0.2, 0.25) is 33.6 Å². The molecule has 4 aromatic heterocycles. The minimum absolute atomic E-state index is 0.110. The van der Waals surface area contributed by atoms with Crippen LogP contribution in [0.2, 0.25) is 5.02 Å². The summed E-state index contributed by atoms with van der Waals surface area (Å²) in [4.78, 5) is 12.5. The lowest BCUT2D eigenvalue weighted by molar-refractivity contribution is 0.368. The second kappa shape index (κ2) is 10.1. The minimum atomic E-state index is -4.00. The molecule has 0 fully saturated rings. The van der Waals surface area contributed by atoms with Gasteiger partial charge in [-0.25, -0.2) is 13.0 Å². The number of sulfonamides is 1. The normalized spacial score (nSPS) is 13.3. The van der Waals surface area contributed by atoms with E-state index in [0.717, 1.165) is 0 Å². The first kappa shape index (κ1) is 25.4. The average Bonchev–Trinajstić information content (AvgIpc) is 3.48. The summed E-state index contributed by atoms with van der Waals surface area (Å²) in [5.74, 6) is 0.776. The molecule has 0 saturated carbocycles. The topological polar surface area (TPSA) is 147 Å². The molecule has 190 valence electrons. The van der Waals surface area contributed by atoms with Crippen molar-refractivity contribution in [2.45, 2.75) is 31.9 Å². The van der Waals surface area contributed by atoms with Gasteiger partial charge in [-0.2, -0.15) is 9.97 Å². The van der Waals surface area contributed by atoms with Crippen molar-refractivity contribution in [1.82, 2.24) is 29.7 Å². The largest absolute Gasteiger partial charge is 0.479 e. The SMILES string of the molecule is COc1ncnc(OC)c1-n1c(NS(=O)(=O)C(C)C(C)c2ccc(Cl)cn2)nnc1-c1ccc(C)o1. The molecule has 0 aliphatic heterocycles. The molecule has 0 amide bonds. The number of methoxy groups -OCH3 is 2. The lowest BCUT2D eigenvalue weighted by Gasteiger charge is -2.21. The third-order valence-corrected chi connectivity index (χ3v) is 7.71. The van der Waals surface area contributed by atoms with Gasteiger partial charge in [-0.3, -0.25) is 9.71 Å². The summed E-state index contributed by atoms with van der Waals surface area (Å²) in [7, 11) is -1.17. The molecular formula is C22H24ClN7O5S. The Morgan fingerprint density at radius 2 is 1.72 bits per heavy atom. The molecule has 1 N–H and O–H groups in total. The van der Waals surface area contributed by atoms with E-state index in [4.69, 9.17) is 25.5 Å². The van der Waals surface area contributed by atoms with E-state index in [1.54, 1.807) is 45.0 Å². The Kier molecular flexibility index (Phi) is 7.13. The molecule has 0 radical (unpaired) electrons. The van der Waals surface area contributed by atoms with E-state index in [1.807, 2.05) is 0 Å². The Morgan fingerprint density at radius 3 is 2.28 bits per heavy atom. The molecular weight excluding hydrogens is 510 g/mol. The van der Waals surface area contributed by atoms with Crippen LogP contribution in [0.25, 0.3) is 17.3 Å². The van der Waals surface area contributed by atoms with Gasteiger partial charge < -0.3 is 13.9 Å². The van der Waals surface area contributed by atoms with Crippen LogP contribution < -0.4 is 14.2 Å². The fourth-order valence-corrected chi connectivity index (χ4v) is 4.86. The van der Waals surface area contributed by atoms with Crippen molar-refractivity contribution in [3.63, 3.8) is 0 Å². The van der Waals surface area contributed by atoms with Gasteiger partial charge in [0.1, 0.15) is 12.1 Å². The van der Waals surface area contributed by atoms with Gasteiger partial charge in [0, 0.05) is 17.8 Å².